The summed E-state index contributed by atoms with van der Waals surface area (Å²) in [5.41, 5.74) is 8.66. The van der Waals surface area contributed by atoms with Crippen LogP contribution in [0.3, 0.4) is 0 Å². The standard InChI is InChI=1S/C16H20N2O/c1-3-19-15-6-4-14(5-7-15)16(17)12(2)13-8-10-18-11-9-13/h4-12,16H,3,17H2,1-2H3. The van der Waals surface area contributed by atoms with Gasteiger partial charge in [-0.15, -0.1) is 0 Å². The number of nitrogens with zero attached hydrogens (tertiary/aromatic N) is 1. The Balaban J connectivity index is 2.12. The Bertz CT molecular complexity index is 496. The molecule has 0 spiro atoms. The molecule has 0 saturated heterocycles. The van der Waals surface area contributed by atoms with Gasteiger partial charge in [0, 0.05) is 24.4 Å². The molecule has 0 fully saturated rings. The zero-order valence-electron chi connectivity index (χ0n) is 11.4. The molecule has 0 aliphatic heterocycles. The minimum atomic E-state index is -0.0296. The second kappa shape index (κ2) is 6.34. The number of hydrogen-bond donors (Lipinski definition) is 1. The Morgan fingerprint density at radius 2 is 1.68 bits per heavy atom. The molecule has 19 heavy (non-hydrogen) atoms. The van der Waals surface area contributed by atoms with Crippen LogP contribution in [0.2, 0.25) is 0 Å². The maximum Gasteiger partial charge on any atom is 0.119 e. The van der Waals surface area contributed by atoms with Crippen LogP contribution in [0.25, 0.3) is 0 Å². The summed E-state index contributed by atoms with van der Waals surface area (Å²) in [7, 11) is 0. The zero-order chi connectivity index (χ0) is 13.7. The zero-order valence-corrected chi connectivity index (χ0v) is 11.4. The number of rotatable bonds is 5. The molecule has 2 atom stereocenters. The third-order valence-electron chi connectivity index (χ3n) is 3.35. The van der Waals surface area contributed by atoms with Crippen molar-refractivity contribution in [1.29, 1.82) is 0 Å². The molecular weight excluding hydrogens is 236 g/mol. The van der Waals surface area contributed by atoms with E-state index in [0.29, 0.717) is 6.61 Å². The highest BCUT2D eigenvalue weighted by molar-refractivity contribution is 5.31. The third kappa shape index (κ3) is 3.32. The molecule has 0 amide bonds. The average molecular weight is 256 g/mol. The van der Waals surface area contributed by atoms with E-state index in [1.165, 1.54) is 5.56 Å². The Hall–Kier alpha value is -1.87. The van der Waals surface area contributed by atoms with Gasteiger partial charge in [0.2, 0.25) is 0 Å². The van der Waals surface area contributed by atoms with E-state index in [2.05, 4.69) is 11.9 Å². The SMILES string of the molecule is CCOc1ccc(C(N)C(C)c2ccncc2)cc1. The van der Waals surface area contributed by atoms with Crippen molar-refractivity contribution in [1.82, 2.24) is 4.98 Å². The van der Waals surface area contributed by atoms with E-state index in [1.807, 2.05) is 43.3 Å². The van der Waals surface area contributed by atoms with Crippen LogP contribution in [-0.4, -0.2) is 11.6 Å². The minimum Gasteiger partial charge on any atom is -0.494 e. The monoisotopic (exact) mass is 256 g/mol. The van der Waals surface area contributed by atoms with Crippen LogP contribution in [0.15, 0.2) is 48.8 Å². The fraction of sp³-hybridized carbons (Fsp3) is 0.312. The summed E-state index contributed by atoms with van der Waals surface area (Å²) in [4.78, 5) is 4.03. The molecule has 0 saturated carbocycles. The van der Waals surface area contributed by atoms with Crippen LogP contribution in [0.5, 0.6) is 5.75 Å². The molecule has 0 radical (unpaired) electrons. The van der Waals surface area contributed by atoms with Crippen LogP contribution in [0.1, 0.15) is 36.9 Å². The van der Waals surface area contributed by atoms with Gasteiger partial charge in [0.1, 0.15) is 5.75 Å². The summed E-state index contributed by atoms with van der Waals surface area (Å²) in [6, 6.07) is 12.0. The smallest absolute Gasteiger partial charge is 0.119 e. The lowest BCUT2D eigenvalue weighted by atomic mass is 9.90. The van der Waals surface area contributed by atoms with Gasteiger partial charge in [0.05, 0.1) is 6.61 Å². The Morgan fingerprint density at radius 3 is 2.26 bits per heavy atom. The second-order valence-electron chi connectivity index (χ2n) is 4.60. The van der Waals surface area contributed by atoms with Gasteiger partial charge in [-0.1, -0.05) is 19.1 Å². The fourth-order valence-corrected chi connectivity index (χ4v) is 2.12. The first-order chi connectivity index (χ1) is 9.22. The van der Waals surface area contributed by atoms with Crippen LogP contribution < -0.4 is 10.5 Å². The minimum absolute atomic E-state index is 0.0296. The first-order valence-corrected chi connectivity index (χ1v) is 6.60. The largest absolute Gasteiger partial charge is 0.494 e. The predicted molar refractivity (Wildman–Crippen MR) is 77.2 cm³/mol. The first-order valence-electron chi connectivity index (χ1n) is 6.60. The van der Waals surface area contributed by atoms with Gasteiger partial charge in [0.15, 0.2) is 0 Å². The summed E-state index contributed by atoms with van der Waals surface area (Å²) >= 11 is 0. The van der Waals surface area contributed by atoms with Crippen molar-refractivity contribution in [2.75, 3.05) is 6.61 Å². The number of aromatic nitrogens is 1. The molecule has 3 nitrogen and oxygen atoms in total. The number of hydrogen-bond acceptors (Lipinski definition) is 3. The van der Waals surface area contributed by atoms with E-state index in [-0.39, 0.29) is 12.0 Å². The molecule has 1 heterocycles. The molecule has 2 rings (SSSR count). The third-order valence-corrected chi connectivity index (χ3v) is 3.35. The van der Waals surface area contributed by atoms with Crippen molar-refractivity contribution < 1.29 is 4.74 Å². The Labute approximate surface area is 114 Å². The summed E-state index contributed by atoms with van der Waals surface area (Å²) < 4.78 is 5.44. The van der Waals surface area contributed by atoms with E-state index in [0.717, 1.165) is 11.3 Å². The maximum atomic E-state index is 6.33. The van der Waals surface area contributed by atoms with Crippen molar-refractivity contribution >= 4 is 0 Å². The maximum absolute atomic E-state index is 6.33. The lowest BCUT2D eigenvalue weighted by Gasteiger charge is -2.20. The highest BCUT2D eigenvalue weighted by Gasteiger charge is 2.16. The average Bonchev–Trinajstić information content (AvgIpc) is 2.48. The summed E-state index contributed by atoms with van der Waals surface area (Å²) in [5.74, 6) is 1.14. The van der Waals surface area contributed by atoms with Gasteiger partial charge >= 0.3 is 0 Å². The lowest BCUT2D eigenvalue weighted by molar-refractivity contribution is 0.340. The Kier molecular flexibility index (Phi) is 4.53. The molecule has 0 bridgehead atoms. The normalized spacial score (nSPS) is 13.8. The van der Waals surface area contributed by atoms with Gasteiger partial charge in [-0.05, 0) is 42.3 Å². The van der Waals surface area contributed by atoms with Crippen LogP contribution in [0.4, 0.5) is 0 Å². The molecule has 2 N–H and O–H groups in total. The highest BCUT2D eigenvalue weighted by atomic mass is 16.5. The number of benzene rings is 1. The van der Waals surface area contributed by atoms with Gasteiger partial charge in [0.25, 0.3) is 0 Å². The number of pyridine rings is 1. The second-order valence-corrected chi connectivity index (χ2v) is 4.60. The van der Waals surface area contributed by atoms with Crippen LogP contribution in [-0.2, 0) is 0 Å². The highest BCUT2D eigenvalue weighted by Crippen LogP contribution is 2.29. The van der Waals surface area contributed by atoms with Crippen LogP contribution >= 0.6 is 0 Å². The molecule has 3 heteroatoms. The summed E-state index contributed by atoms with van der Waals surface area (Å²) in [5, 5.41) is 0. The van der Waals surface area contributed by atoms with Crippen molar-refractivity contribution in [3.05, 3.63) is 59.9 Å². The van der Waals surface area contributed by atoms with Crippen molar-refractivity contribution in [2.24, 2.45) is 5.73 Å². The molecule has 0 aliphatic carbocycles. The molecule has 100 valence electrons. The van der Waals surface area contributed by atoms with Crippen molar-refractivity contribution in [3.63, 3.8) is 0 Å². The van der Waals surface area contributed by atoms with Crippen molar-refractivity contribution in [2.45, 2.75) is 25.8 Å². The quantitative estimate of drug-likeness (QED) is 0.893. The topological polar surface area (TPSA) is 48.1 Å². The molecule has 0 aliphatic rings. The van der Waals surface area contributed by atoms with Gasteiger partial charge < -0.3 is 10.5 Å². The molecule has 1 aromatic heterocycles. The van der Waals surface area contributed by atoms with Gasteiger partial charge in [-0.3, -0.25) is 4.98 Å². The fourth-order valence-electron chi connectivity index (χ4n) is 2.12. The molecule has 2 unspecified atom stereocenters. The molecule has 2 aromatic rings. The van der Waals surface area contributed by atoms with Gasteiger partial charge in [-0.2, -0.15) is 0 Å². The van der Waals surface area contributed by atoms with Crippen molar-refractivity contribution in [3.8, 4) is 5.75 Å². The lowest BCUT2D eigenvalue weighted by Crippen LogP contribution is -2.17. The molecular formula is C16H20N2O. The summed E-state index contributed by atoms with van der Waals surface area (Å²) in [6.07, 6.45) is 3.60. The number of nitrogens with two attached hydrogens (primary N) is 1. The molecule has 1 aromatic carbocycles. The van der Waals surface area contributed by atoms with Crippen LogP contribution in [0, 0.1) is 0 Å². The van der Waals surface area contributed by atoms with E-state index < -0.39 is 0 Å². The van der Waals surface area contributed by atoms with E-state index >= 15 is 0 Å². The number of ether oxygens (including phenoxy) is 1. The van der Waals surface area contributed by atoms with Gasteiger partial charge in [-0.25, -0.2) is 0 Å². The predicted octanol–water partition coefficient (Wildman–Crippen LogP) is 3.28. The summed E-state index contributed by atoms with van der Waals surface area (Å²) in [6.45, 7) is 4.79. The first kappa shape index (κ1) is 13.6. The van der Waals surface area contributed by atoms with E-state index in [9.17, 15) is 0 Å². The Morgan fingerprint density at radius 1 is 1.05 bits per heavy atom. The van der Waals surface area contributed by atoms with E-state index in [4.69, 9.17) is 10.5 Å². The van der Waals surface area contributed by atoms with E-state index in [1.54, 1.807) is 12.4 Å².